The Morgan fingerprint density at radius 3 is 2.59 bits per heavy atom. The van der Waals surface area contributed by atoms with Gasteiger partial charge in [0.05, 0.1) is 17.8 Å². The molecule has 1 aromatic heterocycles. The third-order valence-corrected chi connectivity index (χ3v) is 4.30. The molecule has 0 atom stereocenters. The summed E-state index contributed by atoms with van der Waals surface area (Å²) in [6, 6.07) is 14.0. The molecule has 2 N–H and O–H groups in total. The summed E-state index contributed by atoms with van der Waals surface area (Å²) in [5.41, 5.74) is 6.58. The van der Waals surface area contributed by atoms with E-state index in [1.165, 1.54) is 4.57 Å². The van der Waals surface area contributed by atoms with Gasteiger partial charge >= 0.3 is 5.97 Å². The molecule has 2 aromatic carbocycles. The zero-order valence-electron chi connectivity index (χ0n) is 14.8. The number of nitrogens with zero attached hydrogens (tertiary/aromatic N) is 1. The Morgan fingerprint density at radius 1 is 1.15 bits per heavy atom. The van der Waals surface area contributed by atoms with Gasteiger partial charge in [0, 0.05) is 22.7 Å². The maximum atomic E-state index is 13.2. The number of hydrogen-bond donors (Lipinski definition) is 1. The normalized spacial score (nSPS) is 10.9. The van der Waals surface area contributed by atoms with Crippen LogP contribution in [0.3, 0.4) is 0 Å². The van der Waals surface area contributed by atoms with E-state index in [0.29, 0.717) is 28.2 Å². The van der Waals surface area contributed by atoms with Gasteiger partial charge in [-0.15, -0.1) is 0 Å². The molecule has 0 amide bonds. The smallest absolute Gasteiger partial charge is 0.346 e. The Labute approximate surface area is 161 Å². The monoisotopic (exact) mass is 386 g/mol. The number of ether oxygens (including phenoxy) is 2. The summed E-state index contributed by atoms with van der Waals surface area (Å²) < 4.78 is 11.7. The van der Waals surface area contributed by atoms with Crippen molar-refractivity contribution in [1.82, 2.24) is 4.57 Å². The van der Waals surface area contributed by atoms with Gasteiger partial charge in [-0.3, -0.25) is 9.36 Å². The van der Waals surface area contributed by atoms with Crippen molar-refractivity contribution in [3.8, 4) is 5.69 Å². The lowest BCUT2D eigenvalue weighted by Crippen LogP contribution is -2.29. The molecule has 0 fully saturated rings. The molecule has 0 aliphatic carbocycles. The van der Waals surface area contributed by atoms with Gasteiger partial charge in [0.1, 0.15) is 12.2 Å². The fourth-order valence-corrected chi connectivity index (χ4v) is 3.00. The first-order valence-electron chi connectivity index (χ1n) is 8.48. The van der Waals surface area contributed by atoms with E-state index in [1.807, 2.05) is 13.0 Å². The molecule has 0 radical (unpaired) electrons. The summed E-state index contributed by atoms with van der Waals surface area (Å²) in [5, 5.41) is 0.998. The number of anilines is 1. The number of carbonyl (C=O) groups is 1. The average molecular weight is 387 g/mol. The number of esters is 1. The maximum absolute atomic E-state index is 13.2. The van der Waals surface area contributed by atoms with Gasteiger partial charge in [-0.05, 0) is 37.3 Å². The van der Waals surface area contributed by atoms with Crippen LogP contribution in [0.15, 0.2) is 53.3 Å². The number of halogens is 1. The highest BCUT2D eigenvalue weighted by Gasteiger charge is 2.23. The standard InChI is InChI=1S/C20H19ClN2O4/c1-2-26-10-11-27-20(25)17-18(22)15-9-8-13(21)12-16(15)23(19(17)24)14-6-4-3-5-7-14/h3-9,12H,2,10-11,22H2,1H3. The molecular formula is C20H19ClN2O4. The Hall–Kier alpha value is -2.83. The molecule has 0 aliphatic heterocycles. The summed E-state index contributed by atoms with van der Waals surface area (Å²) >= 11 is 6.12. The molecule has 0 spiro atoms. The zero-order chi connectivity index (χ0) is 19.4. The number of nitrogen functional groups attached to an aromatic ring is 1. The lowest BCUT2D eigenvalue weighted by atomic mass is 10.1. The van der Waals surface area contributed by atoms with Crippen molar-refractivity contribution >= 4 is 34.2 Å². The largest absolute Gasteiger partial charge is 0.459 e. The van der Waals surface area contributed by atoms with Crippen LogP contribution in [0.2, 0.25) is 5.02 Å². The summed E-state index contributed by atoms with van der Waals surface area (Å²) in [6.45, 7) is 2.64. The first-order valence-corrected chi connectivity index (χ1v) is 8.86. The molecule has 0 unspecified atom stereocenters. The molecule has 1 heterocycles. The minimum absolute atomic E-state index is 0.0372. The second-order valence-corrected chi connectivity index (χ2v) is 6.20. The van der Waals surface area contributed by atoms with Gasteiger partial charge in [0.25, 0.3) is 5.56 Å². The quantitative estimate of drug-likeness (QED) is 0.518. The van der Waals surface area contributed by atoms with Crippen LogP contribution >= 0.6 is 11.6 Å². The Morgan fingerprint density at radius 2 is 1.89 bits per heavy atom. The van der Waals surface area contributed by atoms with Crippen LogP contribution in [-0.4, -0.2) is 30.4 Å². The molecule has 6 nitrogen and oxygen atoms in total. The molecular weight excluding hydrogens is 368 g/mol. The Bertz CT molecular complexity index is 1030. The van der Waals surface area contributed by atoms with Crippen molar-refractivity contribution in [3.63, 3.8) is 0 Å². The van der Waals surface area contributed by atoms with Gasteiger partial charge < -0.3 is 15.2 Å². The molecule has 27 heavy (non-hydrogen) atoms. The van der Waals surface area contributed by atoms with Gasteiger partial charge in [0.15, 0.2) is 0 Å². The maximum Gasteiger partial charge on any atom is 0.346 e. The van der Waals surface area contributed by atoms with Gasteiger partial charge in [-0.25, -0.2) is 4.79 Å². The lowest BCUT2D eigenvalue weighted by Gasteiger charge is -2.15. The first-order chi connectivity index (χ1) is 13.0. The summed E-state index contributed by atoms with van der Waals surface area (Å²) in [6.07, 6.45) is 0. The van der Waals surface area contributed by atoms with E-state index in [0.717, 1.165) is 0 Å². The SMILES string of the molecule is CCOCCOC(=O)c1c(N)c2ccc(Cl)cc2n(-c2ccccc2)c1=O. The number of aromatic nitrogens is 1. The Balaban J connectivity index is 2.19. The van der Waals surface area contributed by atoms with Crippen molar-refractivity contribution < 1.29 is 14.3 Å². The number of hydrogen-bond acceptors (Lipinski definition) is 5. The zero-order valence-corrected chi connectivity index (χ0v) is 15.5. The summed E-state index contributed by atoms with van der Waals surface area (Å²) in [4.78, 5) is 25.7. The predicted octanol–water partition coefficient (Wildman–Crippen LogP) is 3.42. The summed E-state index contributed by atoms with van der Waals surface area (Å²) in [5.74, 6) is -0.779. The average Bonchev–Trinajstić information content (AvgIpc) is 2.66. The number of benzene rings is 2. The number of nitrogens with two attached hydrogens (primary N) is 1. The van der Waals surface area contributed by atoms with E-state index in [1.54, 1.807) is 42.5 Å². The molecule has 3 aromatic rings. The van der Waals surface area contributed by atoms with E-state index in [2.05, 4.69) is 0 Å². The van der Waals surface area contributed by atoms with Crippen LogP contribution in [0.1, 0.15) is 17.3 Å². The van der Waals surface area contributed by atoms with Crippen molar-refractivity contribution in [3.05, 3.63) is 69.5 Å². The molecule has 0 aliphatic rings. The van der Waals surface area contributed by atoms with Crippen LogP contribution in [-0.2, 0) is 9.47 Å². The highest BCUT2D eigenvalue weighted by Crippen LogP contribution is 2.27. The predicted molar refractivity (Wildman–Crippen MR) is 106 cm³/mol. The van der Waals surface area contributed by atoms with Gasteiger partial charge in [-0.2, -0.15) is 0 Å². The molecule has 0 bridgehead atoms. The second-order valence-electron chi connectivity index (χ2n) is 5.76. The molecule has 0 saturated carbocycles. The van der Waals surface area contributed by atoms with Crippen LogP contribution in [0.25, 0.3) is 16.6 Å². The van der Waals surface area contributed by atoms with Crippen LogP contribution in [0.4, 0.5) is 5.69 Å². The summed E-state index contributed by atoms with van der Waals surface area (Å²) in [7, 11) is 0. The van der Waals surface area contributed by atoms with Crippen LogP contribution in [0.5, 0.6) is 0 Å². The van der Waals surface area contributed by atoms with Crippen LogP contribution < -0.4 is 11.3 Å². The van der Waals surface area contributed by atoms with Gasteiger partial charge in [-0.1, -0.05) is 29.8 Å². The number of fused-ring (bicyclic) bond motifs is 1. The molecule has 0 saturated heterocycles. The fraction of sp³-hybridized carbons (Fsp3) is 0.200. The highest BCUT2D eigenvalue weighted by molar-refractivity contribution is 6.31. The van der Waals surface area contributed by atoms with Crippen LogP contribution in [0, 0.1) is 0 Å². The van der Waals surface area contributed by atoms with Crippen molar-refractivity contribution in [1.29, 1.82) is 0 Å². The van der Waals surface area contributed by atoms with Gasteiger partial charge in [0.2, 0.25) is 0 Å². The fourth-order valence-electron chi connectivity index (χ4n) is 2.83. The van der Waals surface area contributed by atoms with E-state index in [9.17, 15) is 9.59 Å². The molecule has 3 rings (SSSR count). The third kappa shape index (κ3) is 3.82. The number of carbonyl (C=O) groups excluding carboxylic acids is 1. The van der Waals surface area contributed by atoms with E-state index >= 15 is 0 Å². The minimum atomic E-state index is -0.779. The van der Waals surface area contributed by atoms with E-state index in [-0.39, 0.29) is 24.5 Å². The van der Waals surface area contributed by atoms with E-state index < -0.39 is 11.5 Å². The Kier molecular flexibility index (Phi) is 5.78. The number of rotatable bonds is 6. The molecule has 140 valence electrons. The number of pyridine rings is 1. The third-order valence-electron chi connectivity index (χ3n) is 4.06. The number of para-hydroxylation sites is 1. The van der Waals surface area contributed by atoms with Crippen molar-refractivity contribution in [2.75, 3.05) is 25.6 Å². The second kappa shape index (κ2) is 8.24. The van der Waals surface area contributed by atoms with E-state index in [4.69, 9.17) is 26.8 Å². The van der Waals surface area contributed by atoms with Crippen molar-refractivity contribution in [2.24, 2.45) is 0 Å². The first kappa shape index (κ1) is 18.9. The van der Waals surface area contributed by atoms with Crippen molar-refractivity contribution in [2.45, 2.75) is 6.92 Å². The lowest BCUT2D eigenvalue weighted by molar-refractivity contribution is 0.0334. The topological polar surface area (TPSA) is 83.5 Å². The highest BCUT2D eigenvalue weighted by atomic mass is 35.5. The molecule has 7 heteroatoms. The minimum Gasteiger partial charge on any atom is -0.459 e.